The van der Waals surface area contributed by atoms with Gasteiger partial charge in [-0.2, -0.15) is 5.10 Å². The number of likely N-dealkylation sites (tertiary alicyclic amines) is 1. The lowest BCUT2D eigenvalue weighted by molar-refractivity contribution is 0.0948. The molecule has 2 aromatic rings. The van der Waals surface area contributed by atoms with Gasteiger partial charge in [-0.1, -0.05) is 12.1 Å². The van der Waals surface area contributed by atoms with Gasteiger partial charge in [0, 0.05) is 31.0 Å². The van der Waals surface area contributed by atoms with Crippen LogP contribution in [0.5, 0.6) is 0 Å². The Hall–Kier alpha value is -2.14. The van der Waals surface area contributed by atoms with Crippen molar-refractivity contribution in [2.45, 2.75) is 25.8 Å². The number of benzene rings is 1. The normalized spacial score (nSPS) is 18.5. The largest absolute Gasteiger partial charge is 0.352 e. The van der Waals surface area contributed by atoms with E-state index in [9.17, 15) is 4.79 Å². The Morgan fingerprint density at radius 2 is 2.29 bits per heavy atom. The maximum atomic E-state index is 12.4. The number of aromatic nitrogens is 2. The monoisotopic (exact) mass is 326 g/mol. The summed E-state index contributed by atoms with van der Waals surface area (Å²) in [5, 5.41) is 7.27. The lowest BCUT2D eigenvalue weighted by Crippen LogP contribution is -2.34. The number of rotatable bonds is 6. The molecule has 1 aliphatic heterocycles. The van der Waals surface area contributed by atoms with E-state index in [0.717, 1.165) is 30.6 Å². The predicted octanol–water partition coefficient (Wildman–Crippen LogP) is 2.39. The summed E-state index contributed by atoms with van der Waals surface area (Å²) >= 11 is 0. The van der Waals surface area contributed by atoms with Gasteiger partial charge in [-0.15, -0.1) is 0 Å². The minimum Gasteiger partial charge on any atom is -0.352 e. The Morgan fingerprint density at radius 3 is 3.08 bits per heavy atom. The summed E-state index contributed by atoms with van der Waals surface area (Å²) in [6.45, 7) is 3.78. The van der Waals surface area contributed by atoms with E-state index in [1.807, 2.05) is 41.2 Å². The molecule has 5 nitrogen and oxygen atoms in total. The summed E-state index contributed by atoms with van der Waals surface area (Å²) in [6, 6.07) is 9.68. The van der Waals surface area contributed by atoms with E-state index in [-0.39, 0.29) is 5.91 Å². The molecule has 0 radical (unpaired) electrons. The number of hydrogen-bond acceptors (Lipinski definition) is 3. The highest BCUT2D eigenvalue weighted by molar-refractivity contribution is 5.94. The minimum absolute atomic E-state index is 0.0153. The molecule has 24 heavy (non-hydrogen) atoms. The van der Waals surface area contributed by atoms with E-state index in [1.165, 1.54) is 19.4 Å². The second kappa shape index (κ2) is 8.11. The lowest BCUT2D eigenvalue weighted by atomic mass is 9.95. The number of carbonyl (C=O) groups is 1. The zero-order chi connectivity index (χ0) is 16.8. The van der Waals surface area contributed by atoms with Crippen LogP contribution in [-0.4, -0.2) is 47.3 Å². The molecular weight excluding hydrogens is 300 g/mol. The maximum Gasteiger partial charge on any atom is 0.251 e. The van der Waals surface area contributed by atoms with Crippen molar-refractivity contribution in [1.82, 2.24) is 20.0 Å². The zero-order valence-electron chi connectivity index (χ0n) is 14.3. The number of carbonyl (C=O) groups excluding carboxylic acids is 1. The highest BCUT2D eigenvalue weighted by Gasteiger charge is 2.17. The molecule has 0 aliphatic carbocycles. The number of nitrogens with one attached hydrogen (secondary N) is 1. The van der Waals surface area contributed by atoms with E-state index in [0.29, 0.717) is 12.5 Å². The van der Waals surface area contributed by atoms with Crippen LogP contribution in [0.15, 0.2) is 42.7 Å². The molecule has 1 aliphatic rings. The van der Waals surface area contributed by atoms with E-state index in [1.54, 1.807) is 6.20 Å². The predicted molar refractivity (Wildman–Crippen MR) is 94.9 cm³/mol. The SMILES string of the molecule is CN1CCC[C@@H](CCNC(=O)c2cccc(Cn3cccn3)c2)C1. The van der Waals surface area contributed by atoms with E-state index >= 15 is 0 Å². The molecule has 3 rings (SSSR count). The smallest absolute Gasteiger partial charge is 0.251 e. The molecule has 1 atom stereocenters. The van der Waals surface area contributed by atoms with Crippen molar-refractivity contribution in [3.63, 3.8) is 0 Å². The van der Waals surface area contributed by atoms with Crippen LogP contribution >= 0.6 is 0 Å². The molecule has 0 unspecified atom stereocenters. The first-order chi connectivity index (χ1) is 11.7. The molecule has 0 saturated carbocycles. The van der Waals surface area contributed by atoms with Gasteiger partial charge >= 0.3 is 0 Å². The Balaban J connectivity index is 1.49. The van der Waals surface area contributed by atoms with Gasteiger partial charge in [0.2, 0.25) is 0 Å². The van der Waals surface area contributed by atoms with Gasteiger partial charge < -0.3 is 10.2 Å². The second-order valence-electron chi connectivity index (χ2n) is 6.72. The van der Waals surface area contributed by atoms with Crippen LogP contribution in [0.4, 0.5) is 0 Å². The molecule has 1 saturated heterocycles. The third kappa shape index (κ3) is 4.68. The number of nitrogens with zero attached hydrogens (tertiary/aromatic N) is 3. The molecule has 1 fully saturated rings. The van der Waals surface area contributed by atoms with Crippen molar-refractivity contribution in [2.24, 2.45) is 5.92 Å². The minimum atomic E-state index is 0.0153. The van der Waals surface area contributed by atoms with Crippen LogP contribution in [0.1, 0.15) is 35.2 Å². The summed E-state index contributed by atoms with van der Waals surface area (Å²) in [5.41, 5.74) is 1.81. The molecule has 1 aromatic carbocycles. The van der Waals surface area contributed by atoms with Gasteiger partial charge in [0.1, 0.15) is 0 Å². The van der Waals surface area contributed by atoms with Crippen LogP contribution in [0.2, 0.25) is 0 Å². The molecule has 1 amide bonds. The number of hydrogen-bond donors (Lipinski definition) is 1. The Labute approximate surface area is 143 Å². The molecule has 0 bridgehead atoms. The number of piperidine rings is 1. The molecule has 2 heterocycles. The molecule has 1 aromatic heterocycles. The average molecular weight is 326 g/mol. The van der Waals surface area contributed by atoms with Crippen LogP contribution in [0.25, 0.3) is 0 Å². The van der Waals surface area contributed by atoms with E-state index in [4.69, 9.17) is 0 Å². The van der Waals surface area contributed by atoms with Crippen molar-refractivity contribution >= 4 is 5.91 Å². The molecule has 1 N–H and O–H groups in total. The molecule has 5 heteroatoms. The fraction of sp³-hybridized carbons (Fsp3) is 0.474. The van der Waals surface area contributed by atoms with E-state index < -0.39 is 0 Å². The fourth-order valence-corrected chi connectivity index (χ4v) is 3.39. The van der Waals surface area contributed by atoms with Crippen LogP contribution in [0.3, 0.4) is 0 Å². The summed E-state index contributed by atoms with van der Waals surface area (Å²) in [6.07, 6.45) is 7.29. The highest BCUT2D eigenvalue weighted by Crippen LogP contribution is 2.17. The molecule has 128 valence electrons. The van der Waals surface area contributed by atoms with Crippen molar-refractivity contribution in [3.05, 3.63) is 53.9 Å². The fourth-order valence-electron chi connectivity index (χ4n) is 3.39. The summed E-state index contributed by atoms with van der Waals surface area (Å²) in [7, 11) is 2.18. The van der Waals surface area contributed by atoms with Gasteiger partial charge in [-0.3, -0.25) is 9.48 Å². The summed E-state index contributed by atoms with van der Waals surface area (Å²) in [4.78, 5) is 14.7. The van der Waals surface area contributed by atoms with Crippen molar-refractivity contribution in [1.29, 1.82) is 0 Å². The van der Waals surface area contributed by atoms with Gasteiger partial charge in [0.05, 0.1) is 6.54 Å². The van der Waals surface area contributed by atoms with Crippen LogP contribution in [-0.2, 0) is 6.54 Å². The first-order valence-electron chi connectivity index (χ1n) is 8.74. The first-order valence-corrected chi connectivity index (χ1v) is 8.74. The Bertz CT molecular complexity index is 653. The quantitative estimate of drug-likeness (QED) is 0.887. The average Bonchev–Trinajstić information content (AvgIpc) is 3.08. The second-order valence-corrected chi connectivity index (χ2v) is 6.72. The van der Waals surface area contributed by atoms with Gasteiger partial charge in [0.25, 0.3) is 5.91 Å². The summed E-state index contributed by atoms with van der Waals surface area (Å²) < 4.78 is 1.86. The first kappa shape index (κ1) is 16.7. The van der Waals surface area contributed by atoms with Crippen molar-refractivity contribution < 1.29 is 4.79 Å². The van der Waals surface area contributed by atoms with Crippen molar-refractivity contribution in [3.8, 4) is 0 Å². The summed E-state index contributed by atoms with van der Waals surface area (Å²) in [5.74, 6) is 0.719. The Morgan fingerprint density at radius 1 is 1.38 bits per heavy atom. The zero-order valence-corrected chi connectivity index (χ0v) is 14.3. The lowest BCUT2D eigenvalue weighted by Gasteiger charge is -2.29. The highest BCUT2D eigenvalue weighted by atomic mass is 16.1. The van der Waals surface area contributed by atoms with Gasteiger partial charge in [-0.05, 0) is 62.5 Å². The number of amides is 1. The van der Waals surface area contributed by atoms with Crippen LogP contribution in [0, 0.1) is 5.92 Å². The Kier molecular flexibility index (Phi) is 5.64. The van der Waals surface area contributed by atoms with Gasteiger partial charge in [0.15, 0.2) is 0 Å². The van der Waals surface area contributed by atoms with Gasteiger partial charge in [-0.25, -0.2) is 0 Å². The topological polar surface area (TPSA) is 50.2 Å². The van der Waals surface area contributed by atoms with E-state index in [2.05, 4.69) is 22.4 Å². The van der Waals surface area contributed by atoms with Crippen molar-refractivity contribution in [2.75, 3.05) is 26.7 Å². The third-order valence-corrected chi connectivity index (χ3v) is 4.65. The van der Waals surface area contributed by atoms with Crippen LogP contribution < -0.4 is 5.32 Å². The third-order valence-electron chi connectivity index (χ3n) is 4.65. The standard InChI is InChI=1S/C19H26N4O/c1-22-11-3-6-16(14-22)8-10-20-19(24)18-7-2-5-17(13-18)15-23-12-4-9-21-23/h2,4-5,7,9,12-13,16H,3,6,8,10-11,14-15H2,1H3,(H,20,24)/t16-/m0/s1. The molecular formula is C19H26N4O. The molecule has 0 spiro atoms. The maximum absolute atomic E-state index is 12.4.